The maximum absolute atomic E-state index is 11.6. The fourth-order valence-corrected chi connectivity index (χ4v) is 1.88. The van der Waals surface area contributed by atoms with Gasteiger partial charge in [-0.3, -0.25) is 25.4 Å². The average Bonchev–Trinajstić information content (AvgIpc) is 2.48. The van der Waals surface area contributed by atoms with Crippen LogP contribution in [0.3, 0.4) is 0 Å². The number of nitrogens with one attached hydrogen (secondary N) is 3. The Morgan fingerprint density at radius 2 is 2.00 bits per heavy atom. The summed E-state index contributed by atoms with van der Waals surface area (Å²) in [5.74, 6) is -0.316. The van der Waals surface area contributed by atoms with Gasteiger partial charge in [0.1, 0.15) is 5.69 Å². The van der Waals surface area contributed by atoms with E-state index in [1.165, 1.54) is 6.92 Å². The zero-order valence-corrected chi connectivity index (χ0v) is 12.8. The molecule has 0 saturated carbocycles. The van der Waals surface area contributed by atoms with E-state index in [0.717, 1.165) is 0 Å². The number of aromatic amines is 1. The van der Waals surface area contributed by atoms with E-state index in [9.17, 15) is 9.59 Å². The van der Waals surface area contributed by atoms with Crippen LogP contribution in [0.25, 0.3) is 0 Å². The maximum atomic E-state index is 11.6. The van der Waals surface area contributed by atoms with E-state index < -0.39 is 11.5 Å². The highest BCUT2D eigenvalue weighted by Crippen LogP contribution is 2.32. The van der Waals surface area contributed by atoms with E-state index in [1.54, 1.807) is 18.2 Å². The van der Waals surface area contributed by atoms with Gasteiger partial charge >= 0.3 is 0 Å². The van der Waals surface area contributed by atoms with Gasteiger partial charge in [-0.1, -0.05) is 29.3 Å². The number of ether oxygens (including phenoxy) is 1. The lowest BCUT2D eigenvalue weighted by molar-refractivity contribution is -0.122. The molecule has 0 atom stereocenters. The third-order valence-corrected chi connectivity index (χ3v) is 3.04. The molecule has 0 radical (unpaired) electrons. The summed E-state index contributed by atoms with van der Waals surface area (Å²) in [5, 5.41) is 7.83. The number of halogens is 2. The number of hydrogen-bond donors (Lipinski definition) is 3. The van der Waals surface area contributed by atoms with Gasteiger partial charge in [0.2, 0.25) is 5.95 Å². The molecule has 8 nitrogen and oxygen atoms in total. The molecule has 0 fully saturated rings. The second-order valence-corrected chi connectivity index (χ2v) is 4.92. The molecule has 22 heavy (non-hydrogen) atoms. The van der Waals surface area contributed by atoms with Crippen molar-refractivity contribution in [3.05, 3.63) is 44.3 Å². The van der Waals surface area contributed by atoms with E-state index in [2.05, 4.69) is 26.0 Å². The molecule has 2 aromatic rings. The lowest BCUT2D eigenvalue weighted by Crippen LogP contribution is -2.35. The van der Waals surface area contributed by atoms with E-state index in [1.807, 2.05) is 0 Å². The standard InChI is InChI=1S/C12H11Cl2N5O3/c1-6-11(21)15-12(18-16-6)19-17-9(20)5-22-10-7(13)3-2-4-8(10)14/h2-4H,5H2,1H3,(H,17,20)(H2,15,18,19,21). The molecule has 1 heterocycles. The lowest BCUT2D eigenvalue weighted by atomic mass is 10.3. The van der Waals surface area contributed by atoms with Crippen LogP contribution < -0.4 is 21.1 Å². The van der Waals surface area contributed by atoms with Gasteiger partial charge in [0, 0.05) is 0 Å². The topological polar surface area (TPSA) is 109 Å². The number of rotatable bonds is 5. The Balaban J connectivity index is 1.88. The molecule has 0 aliphatic heterocycles. The Bertz CT molecular complexity index is 730. The zero-order valence-electron chi connectivity index (χ0n) is 11.3. The second-order valence-electron chi connectivity index (χ2n) is 4.10. The van der Waals surface area contributed by atoms with Crippen molar-refractivity contribution < 1.29 is 9.53 Å². The van der Waals surface area contributed by atoms with E-state index in [0.29, 0.717) is 10.0 Å². The highest BCUT2D eigenvalue weighted by Gasteiger charge is 2.09. The summed E-state index contributed by atoms with van der Waals surface area (Å²) >= 11 is 11.8. The monoisotopic (exact) mass is 343 g/mol. The van der Waals surface area contributed by atoms with Gasteiger partial charge in [0.05, 0.1) is 10.0 Å². The summed E-state index contributed by atoms with van der Waals surface area (Å²) in [4.78, 5) is 25.3. The summed E-state index contributed by atoms with van der Waals surface area (Å²) in [7, 11) is 0. The van der Waals surface area contributed by atoms with E-state index >= 15 is 0 Å². The van der Waals surface area contributed by atoms with Crippen LogP contribution in [0.2, 0.25) is 10.0 Å². The number of benzene rings is 1. The summed E-state index contributed by atoms with van der Waals surface area (Å²) in [6.07, 6.45) is 0. The van der Waals surface area contributed by atoms with Gasteiger partial charge in [-0.15, -0.1) is 10.2 Å². The number of amides is 1. The number of nitrogens with zero attached hydrogens (tertiary/aromatic N) is 2. The average molecular weight is 344 g/mol. The first kappa shape index (κ1) is 16.1. The Morgan fingerprint density at radius 1 is 1.32 bits per heavy atom. The highest BCUT2D eigenvalue weighted by atomic mass is 35.5. The van der Waals surface area contributed by atoms with Crippen molar-refractivity contribution >= 4 is 35.1 Å². The van der Waals surface area contributed by atoms with Crippen molar-refractivity contribution in [1.82, 2.24) is 20.6 Å². The Hall–Kier alpha value is -2.32. The normalized spacial score (nSPS) is 10.1. The fraction of sp³-hybridized carbons (Fsp3) is 0.167. The van der Waals surface area contributed by atoms with Crippen molar-refractivity contribution in [3.63, 3.8) is 0 Å². The first-order valence-corrected chi connectivity index (χ1v) is 6.78. The van der Waals surface area contributed by atoms with Crippen molar-refractivity contribution in [3.8, 4) is 5.75 Å². The molecule has 0 saturated heterocycles. The number of hydrogen-bond acceptors (Lipinski definition) is 6. The van der Waals surface area contributed by atoms with Crippen LogP contribution in [0, 0.1) is 6.92 Å². The SMILES string of the molecule is Cc1nnc(NNC(=O)COc2c(Cl)cccc2Cl)[nH]c1=O. The molecule has 0 unspecified atom stereocenters. The molecule has 0 aliphatic carbocycles. The first-order chi connectivity index (χ1) is 10.5. The zero-order chi connectivity index (χ0) is 16.1. The summed E-state index contributed by atoms with van der Waals surface area (Å²) in [6.45, 7) is 1.18. The molecule has 10 heteroatoms. The number of anilines is 1. The number of aromatic nitrogens is 3. The van der Waals surface area contributed by atoms with Crippen molar-refractivity contribution in [2.24, 2.45) is 0 Å². The van der Waals surface area contributed by atoms with Crippen LogP contribution in [0.5, 0.6) is 5.75 Å². The van der Waals surface area contributed by atoms with Crippen LogP contribution in [-0.2, 0) is 4.79 Å². The van der Waals surface area contributed by atoms with Crippen molar-refractivity contribution in [2.45, 2.75) is 6.92 Å². The van der Waals surface area contributed by atoms with Crippen molar-refractivity contribution in [2.75, 3.05) is 12.0 Å². The summed E-state index contributed by atoms with van der Waals surface area (Å²) in [5.41, 5.74) is 4.49. The van der Waals surface area contributed by atoms with Crippen LogP contribution in [0.15, 0.2) is 23.0 Å². The maximum Gasteiger partial charge on any atom is 0.276 e. The quantitative estimate of drug-likeness (QED) is 0.706. The van der Waals surface area contributed by atoms with Crippen molar-refractivity contribution in [1.29, 1.82) is 0 Å². The van der Waals surface area contributed by atoms with Gasteiger partial charge in [0.25, 0.3) is 11.5 Å². The molecule has 116 valence electrons. The predicted octanol–water partition coefficient (Wildman–Crippen LogP) is 1.30. The van der Waals surface area contributed by atoms with Gasteiger partial charge in [-0.05, 0) is 19.1 Å². The number of hydrazine groups is 1. The van der Waals surface area contributed by atoms with Gasteiger partial charge in [-0.2, -0.15) is 0 Å². The minimum atomic E-state index is -0.529. The predicted molar refractivity (Wildman–Crippen MR) is 81.1 cm³/mol. The molecule has 1 aromatic carbocycles. The lowest BCUT2D eigenvalue weighted by Gasteiger charge is -2.10. The number of carbonyl (C=O) groups is 1. The van der Waals surface area contributed by atoms with Crippen LogP contribution in [-0.4, -0.2) is 27.7 Å². The van der Waals surface area contributed by atoms with E-state index in [-0.39, 0.29) is 24.0 Å². The molecule has 1 amide bonds. The second kappa shape index (κ2) is 7.10. The van der Waals surface area contributed by atoms with Crippen LogP contribution in [0.1, 0.15) is 5.69 Å². The highest BCUT2D eigenvalue weighted by molar-refractivity contribution is 6.37. The fourth-order valence-electron chi connectivity index (χ4n) is 1.37. The minimum Gasteiger partial charge on any atom is -0.481 e. The molecule has 2 rings (SSSR count). The molecular weight excluding hydrogens is 333 g/mol. The molecular formula is C12H11Cl2N5O3. The molecule has 3 N–H and O–H groups in total. The Kier molecular flexibility index (Phi) is 5.18. The van der Waals surface area contributed by atoms with Crippen LogP contribution in [0.4, 0.5) is 5.95 Å². The number of H-pyrrole nitrogens is 1. The van der Waals surface area contributed by atoms with E-state index in [4.69, 9.17) is 27.9 Å². The third kappa shape index (κ3) is 4.09. The number of carbonyl (C=O) groups excluding carboxylic acids is 1. The van der Waals surface area contributed by atoms with Gasteiger partial charge < -0.3 is 4.74 Å². The molecule has 0 aliphatic rings. The minimum absolute atomic E-state index is 0.000254. The Morgan fingerprint density at radius 3 is 2.64 bits per heavy atom. The molecule has 0 bridgehead atoms. The summed E-state index contributed by atoms with van der Waals surface area (Å²) < 4.78 is 5.24. The van der Waals surface area contributed by atoms with Gasteiger partial charge in [0.15, 0.2) is 12.4 Å². The molecule has 1 aromatic heterocycles. The third-order valence-electron chi connectivity index (χ3n) is 2.45. The van der Waals surface area contributed by atoms with Crippen LogP contribution >= 0.6 is 23.2 Å². The number of para-hydroxylation sites is 1. The smallest absolute Gasteiger partial charge is 0.276 e. The van der Waals surface area contributed by atoms with Gasteiger partial charge in [-0.25, -0.2) is 0 Å². The largest absolute Gasteiger partial charge is 0.481 e. The summed E-state index contributed by atoms with van der Waals surface area (Å²) in [6, 6.07) is 4.84. The number of aryl methyl sites for hydroxylation is 1. The first-order valence-electron chi connectivity index (χ1n) is 6.02. The molecule has 0 spiro atoms. The Labute approximate surface area is 134 Å².